The average Bonchev–Trinajstić information content (AvgIpc) is 3.16. The molecule has 0 bridgehead atoms. The zero-order chi connectivity index (χ0) is 14.6. The lowest BCUT2D eigenvalue weighted by atomic mass is 10.1. The van der Waals surface area contributed by atoms with Crippen molar-refractivity contribution in [2.24, 2.45) is 5.41 Å². The van der Waals surface area contributed by atoms with Crippen LogP contribution >= 0.6 is 0 Å². The van der Waals surface area contributed by atoms with E-state index in [1.807, 2.05) is 18.2 Å². The van der Waals surface area contributed by atoms with E-state index in [9.17, 15) is 9.59 Å². The van der Waals surface area contributed by atoms with Crippen molar-refractivity contribution in [3.05, 3.63) is 30.3 Å². The molecule has 108 valence electrons. The van der Waals surface area contributed by atoms with Crippen molar-refractivity contribution < 1.29 is 14.7 Å². The van der Waals surface area contributed by atoms with Crippen LogP contribution in [0, 0.1) is 5.41 Å². The van der Waals surface area contributed by atoms with Gasteiger partial charge in [0.15, 0.2) is 0 Å². The minimum absolute atomic E-state index is 0.0699. The predicted molar refractivity (Wildman–Crippen MR) is 76.8 cm³/mol. The van der Waals surface area contributed by atoms with E-state index < -0.39 is 5.97 Å². The number of aliphatic carboxylic acids is 1. The third kappa shape index (κ3) is 3.98. The lowest BCUT2D eigenvalue weighted by molar-refractivity contribution is -0.136. The number of benzene rings is 1. The van der Waals surface area contributed by atoms with Gasteiger partial charge in [0, 0.05) is 18.8 Å². The first-order valence-corrected chi connectivity index (χ1v) is 6.82. The minimum atomic E-state index is -0.909. The van der Waals surface area contributed by atoms with E-state index >= 15 is 0 Å². The second kappa shape index (κ2) is 5.94. The Morgan fingerprint density at radius 2 is 1.95 bits per heavy atom. The lowest BCUT2D eigenvalue weighted by Gasteiger charge is -2.23. The molecule has 2 rings (SSSR count). The molecule has 0 heterocycles. The first-order chi connectivity index (χ1) is 9.50. The summed E-state index contributed by atoms with van der Waals surface area (Å²) in [6.07, 6.45) is 2.20. The molecular formula is C15H20N2O3. The monoisotopic (exact) mass is 276 g/mol. The molecule has 2 N–H and O–H groups in total. The molecule has 1 aromatic rings. The number of amides is 2. The number of anilines is 1. The predicted octanol–water partition coefficient (Wildman–Crippen LogP) is 2.48. The zero-order valence-electron chi connectivity index (χ0n) is 11.6. The molecule has 5 nitrogen and oxygen atoms in total. The van der Waals surface area contributed by atoms with Crippen LogP contribution in [0.15, 0.2) is 30.3 Å². The molecule has 0 aliphatic heterocycles. The number of carboxylic acid groups (broad SMARTS) is 1. The van der Waals surface area contributed by atoms with Gasteiger partial charge in [-0.1, -0.05) is 25.1 Å². The summed E-state index contributed by atoms with van der Waals surface area (Å²) in [5.74, 6) is -0.909. The summed E-state index contributed by atoms with van der Waals surface area (Å²) in [7, 11) is 0. The smallest absolute Gasteiger partial charge is 0.321 e. The van der Waals surface area contributed by atoms with E-state index in [1.54, 1.807) is 12.1 Å². The van der Waals surface area contributed by atoms with Gasteiger partial charge in [-0.3, -0.25) is 9.69 Å². The number of para-hydroxylation sites is 1. The van der Waals surface area contributed by atoms with Crippen molar-refractivity contribution in [2.75, 3.05) is 18.0 Å². The third-order valence-electron chi connectivity index (χ3n) is 3.63. The molecule has 20 heavy (non-hydrogen) atoms. The van der Waals surface area contributed by atoms with Gasteiger partial charge in [0.1, 0.15) is 0 Å². The molecule has 1 fully saturated rings. The molecule has 0 saturated heterocycles. The van der Waals surface area contributed by atoms with Gasteiger partial charge in [0.05, 0.1) is 6.42 Å². The van der Waals surface area contributed by atoms with Gasteiger partial charge in [0.2, 0.25) is 0 Å². The van der Waals surface area contributed by atoms with Crippen LogP contribution in [0.1, 0.15) is 26.2 Å². The van der Waals surface area contributed by atoms with Crippen LogP contribution in [0.3, 0.4) is 0 Å². The maximum atomic E-state index is 12.3. The van der Waals surface area contributed by atoms with Crippen molar-refractivity contribution in [3.8, 4) is 0 Å². The van der Waals surface area contributed by atoms with E-state index in [1.165, 1.54) is 4.90 Å². The van der Waals surface area contributed by atoms with Gasteiger partial charge >= 0.3 is 12.0 Å². The largest absolute Gasteiger partial charge is 0.481 e. The summed E-state index contributed by atoms with van der Waals surface area (Å²) in [6, 6.07) is 8.91. The van der Waals surface area contributed by atoms with E-state index in [0.717, 1.165) is 12.8 Å². The summed E-state index contributed by atoms with van der Waals surface area (Å²) in [5.41, 5.74) is 0.942. The number of rotatable bonds is 6. The molecule has 2 amide bonds. The highest BCUT2D eigenvalue weighted by Crippen LogP contribution is 2.44. The SMILES string of the molecule is CC1(CNC(=O)N(CCC(=O)O)c2ccccc2)CC1. The van der Waals surface area contributed by atoms with Crippen LogP contribution in [0.2, 0.25) is 0 Å². The molecule has 5 heteroatoms. The van der Waals surface area contributed by atoms with Crippen molar-refractivity contribution in [3.63, 3.8) is 0 Å². The van der Waals surface area contributed by atoms with Crippen molar-refractivity contribution >= 4 is 17.7 Å². The number of urea groups is 1. The highest BCUT2D eigenvalue weighted by Gasteiger charge is 2.37. The number of nitrogens with one attached hydrogen (secondary N) is 1. The minimum Gasteiger partial charge on any atom is -0.481 e. The Morgan fingerprint density at radius 3 is 2.50 bits per heavy atom. The summed E-state index contributed by atoms with van der Waals surface area (Å²) >= 11 is 0. The van der Waals surface area contributed by atoms with Crippen LogP contribution in [0.5, 0.6) is 0 Å². The van der Waals surface area contributed by atoms with Crippen LogP contribution < -0.4 is 10.2 Å². The van der Waals surface area contributed by atoms with Crippen LogP contribution in [-0.2, 0) is 4.79 Å². The van der Waals surface area contributed by atoms with Gasteiger partial charge in [-0.05, 0) is 30.4 Å². The van der Waals surface area contributed by atoms with Gasteiger partial charge in [-0.2, -0.15) is 0 Å². The number of carboxylic acids is 1. The maximum Gasteiger partial charge on any atom is 0.321 e. The maximum absolute atomic E-state index is 12.3. The van der Waals surface area contributed by atoms with Crippen LogP contribution in [-0.4, -0.2) is 30.2 Å². The summed E-state index contributed by atoms with van der Waals surface area (Å²) in [6.45, 7) is 2.95. The van der Waals surface area contributed by atoms with Gasteiger partial charge in [0.25, 0.3) is 0 Å². The first kappa shape index (κ1) is 14.4. The van der Waals surface area contributed by atoms with Crippen LogP contribution in [0.25, 0.3) is 0 Å². The second-order valence-electron chi connectivity index (χ2n) is 5.60. The molecule has 1 aliphatic rings. The van der Waals surface area contributed by atoms with Crippen molar-refractivity contribution in [2.45, 2.75) is 26.2 Å². The molecular weight excluding hydrogens is 256 g/mol. The number of carbonyl (C=O) groups excluding carboxylic acids is 1. The number of nitrogens with zero attached hydrogens (tertiary/aromatic N) is 1. The van der Waals surface area contributed by atoms with Gasteiger partial charge in [-0.25, -0.2) is 4.79 Å². The molecule has 0 unspecified atom stereocenters. The molecule has 1 aromatic carbocycles. The van der Waals surface area contributed by atoms with E-state index in [4.69, 9.17) is 5.11 Å². The Bertz CT molecular complexity index is 483. The van der Waals surface area contributed by atoms with E-state index in [2.05, 4.69) is 12.2 Å². The Morgan fingerprint density at radius 1 is 1.30 bits per heavy atom. The Labute approximate surface area is 118 Å². The summed E-state index contributed by atoms with van der Waals surface area (Å²) in [5, 5.41) is 11.7. The zero-order valence-corrected chi connectivity index (χ0v) is 11.6. The standard InChI is InChI=1S/C15H20N2O3/c1-15(8-9-15)11-16-14(20)17(10-7-13(18)19)12-5-3-2-4-6-12/h2-6H,7-11H2,1H3,(H,16,20)(H,18,19). The highest BCUT2D eigenvalue weighted by atomic mass is 16.4. The molecule has 0 aromatic heterocycles. The first-order valence-electron chi connectivity index (χ1n) is 6.82. The fourth-order valence-electron chi connectivity index (χ4n) is 1.94. The van der Waals surface area contributed by atoms with E-state index in [-0.39, 0.29) is 24.4 Å². The second-order valence-corrected chi connectivity index (χ2v) is 5.60. The van der Waals surface area contributed by atoms with Gasteiger partial charge in [-0.15, -0.1) is 0 Å². The highest BCUT2D eigenvalue weighted by molar-refractivity contribution is 5.92. The van der Waals surface area contributed by atoms with Gasteiger partial charge < -0.3 is 10.4 Å². The Balaban J connectivity index is 2.00. The fourth-order valence-corrected chi connectivity index (χ4v) is 1.94. The van der Waals surface area contributed by atoms with Crippen LogP contribution in [0.4, 0.5) is 10.5 Å². The van der Waals surface area contributed by atoms with Crippen molar-refractivity contribution in [1.82, 2.24) is 5.32 Å². The summed E-state index contributed by atoms with van der Waals surface area (Å²) < 4.78 is 0. The normalized spacial score (nSPS) is 15.4. The average molecular weight is 276 g/mol. The molecule has 0 atom stereocenters. The molecule has 0 radical (unpaired) electrons. The lowest BCUT2D eigenvalue weighted by Crippen LogP contribution is -2.43. The quantitative estimate of drug-likeness (QED) is 0.838. The van der Waals surface area contributed by atoms with Crippen molar-refractivity contribution in [1.29, 1.82) is 0 Å². The molecule has 0 spiro atoms. The summed E-state index contributed by atoms with van der Waals surface area (Å²) in [4.78, 5) is 24.5. The number of hydrogen-bond donors (Lipinski definition) is 2. The molecule has 1 saturated carbocycles. The Kier molecular flexibility index (Phi) is 4.27. The number of hydrogen-bond acceptors (Lipinski definition) is 2. The number of carbonyl (C=O) groups is 2. The Hall–Kier alpha value is -2.04. The third-order valence-corrected chi connectivity index (χ3v) is 3.63. The van der Waals surface area contributed by atoms with E-state index in [0.29, 0.717) is 12.2 Å². The molecule has 1 aliphatic carbocycles. The fraction of sp³-hybridized carbons (Fsp3) is 0.467. The topological polar surface area (TPSA) is 69.6 Å².